The SMILES string of the molecule is COCCSCC(=O)N1CC(O)(C2CC2)C1. The first-order chi connectivity index (χ1) is 7.65. The second kappa shape index (κ2) is 4.94. The number of ether oxygens (including phenoxy) is 1. The zero-order valence-electron chi connectivity index (χ0n) is 9.65. The molecule has 1 saturated carbocycles. The van der Waals surface area contributed by atoms with Gasteiger partial charge in [0.2, 0.25) is 5.91 Å². The minimum Gasteiger partial charge on any atom is -0.386 e. The lowest BCUT2D eigenvalue weighted by atomic mass is 9.89. The van der Waals surface area contributed by atoms with Gasteiger partial charge >= 0.3 is 0 Å². The van der Waals surface area contributed by atoms with Crippen LogP contribution in [0.4, 0.5) is 0 Å². The summed E-state index contributed by atoms with van der Waals surface area (Å²) in [6.07, 6.45) is 2.25. The van der Waals surface area contributed by atoms with Gasteiger partial charge in [-0.05, 0) is 18.8 Å². The van der Waals surface area contributed by atoms with Crippen molar-refractivity contribution in [3.8, 4) is 0 Å². The van der Waals surface area contributed by atoms with Gasteiger partial charge in [-0.15, -0.1) is 11.8 Å². The largest absolute Gasteiger partial charge is 0.386 e. The number of likely N-dealkylation sites (tertiary alicyclic amines) is 1. The molecule has 92 valence electrons. The number of hydrogen-bond acceptors (Lipinski definition) is 4. The first-order valence-corrected chi connectivity index (χ1v) is 6.88. The molecule has 0 aromatic rings. The van der Waals surface area contributed by atoms with Crippen molar-refractivity contribution in [2.45, 2.75) is 18.4 Å². The fourth-order valence-electron chi connectivity index (χ4n) is 2.06. The van der Waals surface area contributed by atoms with Crippen LogP contribution >= 0.6 is 11.8 Å². The second-order valence-electron chi connectivity index (χ2n) is 4.67. The summed E-state index contributed by atoms with van der Waals surface area (Å²) in [5, 5.41) is 10.1. The van der Waals surface area contributed by atoms with E-state index in [0.717, 1.165) is 18.6 Å². The third-order valence-electron chi connectivity index (χ3n) is 3.28. The molecule has 0 spiro atoms. The van der Waals surface area contributed by atoms with Crippen LogP contribution in [0.3, 0.4) is 0 Å². The number of thioether (sulfide) groups is 1. The third-order valence-corrected chi connectivity index (χ3v) is 4.18. The highest BCUT2D eigenvalue weighted by molar-refractivity contribution is 7.99. The van der Waals surface area contributed by atoms with Crippen LogP contribution in [-0.2, 0) is 9.53 Å². The Morgan fingerprint density at radius 2 is 2.25 bits per heavy atom. The van der Waals surface area contributed by atoms with Gasteiger partial charge in [-0.1, -0.05) is 0 Å². The van der Waals surface area contributed by atoms with E-state index >= 15 is 0 Å². The third kappa shape index (κ3) is 2.70. The molecule has 1 aliphatic heterocycles. The Balaban J connectivity index is 1.61. The van der Waals surface area contributed by atoms with Crippen molar-refractivity contribution in [2.75, 3.05) is 38.3 Å². The molecular formula is C11H19NO3S. The van der Waals surface area contributed by atoms with E-state index < -0.39 is 5.60 Å². The molecule has 1 saturated heterocycles. The number of β-amino-alcohol motifs (C(OH)–C–C–N with tert-alkyl or cyclic N) is 1. The van der Waals surface area contributed by atoms with Crippen LogP contribution < -0.4 is 0 Å². The molecule has 1 amide bonds. The number of carbonyl (C=O) groups is 1. The molecule has 1 aliphatic carbocycles. The summed E-state index contributed by atoms with van der Waals surface area (Å²) in [7, 11) is 1.66. The Morgan fingerprint density at radius 1 is 1.56 bits per heavy atom. The quantitative estimate of drug-likeness (QED) is 0.686. The number of nitrogens with zero attached hydrogens (tertiary/aromatic N) is 1. The highest BCUT2D eigenvalue weighted by atomic mass is 32.2. The maximum atomic E-state index is 11.7. The van der Waals surface area contributed by atoms with E-state index in [2.05, 4.69) is 0 Å². The van der Waals surface area contributed by atoms with Crippen molar-refractivity contribution in [3.63, 3.8) is 0 Å². The van der Waals surface area contributed by atoms with Gasteiger partial charge in [0.15, 0.2) is 0 Å². The molecule has 4 nitrogen and oxygen atoms in total. The zero-order valence-corrected chi connectivity index (χ0v) is 10.5. The van der Waals surface area contributed by atoms with Crippen LogP contribution in [-0.4, -0.2) is 59.8 Å². The molecule has 2 aliphatic rings. The molecule has 16 heavy (non-hydrogen) atoms. The van der Waals surface area contributed by atoms with Gasteiger partial charge in [-0.25, -0.2) is 0 Å². The molecule has 1 N–H and O–H groups in total. The second-order valence-corrected chi connectivity index (χ2v) is 5.78. The minimum absolute atomic E-state index is 0.145. The standard InChI is InChI=1S/C11H19NO3S/c1-15-4-5-16-6-10(13)12-7-11(14,8-12)9-2-3-9/h9,14H,2-8H2,1H3. The lowest BCUT2D eigenvalue weighted by molar-refractivity contribution is -0.156. The average molecular weight is 245 g/mol. The number of amides is 1. The summed E-state index contributed by atoms with van der Waals surface area (Å²) in [5.41, 5.74) is -0.549. The number of hydrogen-bond donors (Lipinski definition) is 1. The zero-order chi connectivity index (χ0) is 11.6. The van der Waals surface area contributed by atoms with Gasteiger partial charge < -0.3 is 14.7 Å². The Kier molecular flexibility index (Phi) is 3.77. The Morgan fingerprint density at radius 3 is 2.81 bits per heavy atom. The summed E-state index contributed by atoms with van der Waals surface area (Å²) in [5.74, 6) is 1.96. The molecule has 5 heteroatoms. The molecule has 0 radical (unpaired) electrons. The van der Waals surface area contributed by atoms with Gasteiger partial charge in [0, 0.05) is 12.9 Å². The fraction of sp³-hybridized carbons (Fsp3) is 0.909. The molecule has 0 atom stereocenters. The van der Waals surface area contributed by atoms with E-state index in [9.17, 15) is 9.90 Å². The number of aliphatic hydroxyl groups is 1. The normalized spacial score (nSPS) is 23.0. The van der Waals surface area contributed by atoms with E-state index in [1.165, 1.54) is 0 Å². The van der Waals surface area contributed by atoms with Crippen LogP contribution in [0.25, 0.3) is 0 Å². The van der Waals surface area contributed by atoms with Gasteiger partial charge in [0.25, 0.3) is 0 Å². The highest BCUT2D eigenvalue weighted by Gasteiger charge is 2.52. The van der Waals surface area contributed by atoms with Crippen molar-refractivity contribution in [3.05, 3.63) is 0 Å². The van der Waals surface area contributed by atoms with Crippen molar-refractivity contribution in [1.82, 2.24) is 4.90 Å². The first kappa shape index (κ1) is 12.2. The predicted octanol–water partition coefficient (Wildman–Crippen LogP) is 0.349. The van der Waals surface area contributed by atoms with E-state index in [-0.39, 0.29) is 5.91 Å². The molecule has 0 bridgehead atoms. The summed E-state index contributed by atoms with van der Waals surface area (Å²) >= 11 is 1.59. The summed E-state index contributed by atoms with van der Waals surface area (Å²) in [4.78, 5) is 13.4. The Bertz CT molecular complexity index is 262. The van der Waals surface area contributed by atoms with E-state index in [1.54, 1.807) is 23.8 Å². The van der Waals surface area contributed by atoms with Crippen LogP contribution in [0.15, 0.2) is 0 Å². The molecule has 0 aromatic heterocycles. The Labute approximate surface area is 100 Å². The molecular weight excluding hydrogens is 226 g/mol. The van der Waals surface area contributed by atoms with Gasteiger partial charge in [-0.3, -0.25) is 4.79 Å². The predicted molar refractivity (Wildman–Crippen MR) is 63.5 cm³/mol. The lowest BCUT2D eigenvalue weighted by Gasteiger charge is -2.47. The maximum Gasteiger partial charge on any atom is 0.232 e. The van der Waals surface area contributed by atoms with Crippen molar-refractivity contribution in [1.29, 1.82) is 0 Å². The van der Waals surface area contributed by atoms with Crippen molar-refractivity contribution >= 4 is 17.7 Å². The van der Waals surface area contributed by atoms with Crippen molar-refractivity contribution in [2.24, 2.45) is 5.92 Å². The summed E-state index contributed by atoms with van der Waals surface area (Å²) in [6.45, 7) is 1.77. The molecule has 2 fully saturated rings. The van der Waals surface area contributed by atoms with E-state index in [1.807, 2.05) is 0 Å². The first-order valence-electron chi connectivity index (χ1n) is 5.72. The Hall–Kier alpha value is -0.260. The number of methoxy groups -OCH3 is 1. The van der Waals surface area contributed by atoms with Crippen LogP contribution in [0.5, 0.6) is 0 Å². The summed E-state index contributed by atoms with van der Waals surface area (Å²) < 4.78 is 4.91. The van der Waals surface area contributed by atoms with Gasteiger partial charge in [0.05, 0.1) is 25.4 Å². The van der Waals surface area contributed by atoms with Crippen LogP contribution in [0, 0.1) is 5.92 Å². The molecule has 2 rings (SSSR count). The minimum atomic E-state index is -0.549. The average Bonchev–Trinajstić information content (AvgIpc) is 3.03. The van der Waals surface area contributed by atoms with E-state index in [0.29, 0.717) is 31.4 Å². The topological polar surface area (TPSA) is 49.8 Å². The smallest absolute Gasteiger partial charge is 0.232 e. The molecule has 0 aromatic carbocycles. The van der Waals surface area contributed by atoms with Gasteiger partial charge in [0.1, 0.15) is 5.60 Å². The highest BCUT2D eigenvalue weighted by Crippen LogP contribution is 2.44. The summed E-state index contributed by atoms with van der Waals surface area (Å²) in [6, 6.07) is 0. The van der Waals surface area contributed by atoms with Gasteiger partial charge in [-0.2, -0.15) is 0 Å². The molecule has 1 heterocycles. The van der Waals surface area contributed by atoms with Crippen LogP contribution in [0.2, 0.25) is 0 Å². The fourth-order valence-corrected chi connectivity index (χ4v) is 2.85. The van der Waals surface area contributed by atoms with Crippen LogP contribution in [0.1, 0.15) is 12.8 Å². The van der Waals surface area contributed by atoms with E-state index in [4.69, 9.17) is 4.74 Å². The number of rotatable bonds is 6. The van der Waals surface area contributed by atoms with Crippen molar-refractivity contribution < 1.29 is 14.6 Å². The monoisotopic (exact) mass is 245 g/mol. The molecule has 0 unspecified atom stereocenters. The maximum absolute atomic E-state index is 11.7. The number of carbonyl (C=O) groups excluding carboxylic acids is 1. The lowest BCUT2D eigenvalue weighted by Crippen LogP contribution is -2.65.